The van der Waals surface area contributed by atoms with Crippen molar-refractivity contribution in [2.24, 2.45) is 0 Å². The number of aromatic nitrogens is 3. The minimum atomic E-state index is -0.159. The van der Waals surface area contributed by atoms with E-state index in [1.807, 2.05) is 19.1 Å². The van der Waals surface area contributed by atoms with Crippen LogP contribution in [0.25, 0.3) is 0 Å². The van der Waals surface area contributed by atoms with Gasteiger partial charge in [0.15, 0.2) is 5.69 Å². The van der Waals surface area contributed by atoms with Crippen molar-refractivity contribution in [1.82, 2.24) is 25.6 Å². The zero-order valence-corrected chi connectivity index (χ0v) is 9.89. The van der Waals surface area contributed by atoms with Crippen LogP contribution in [-0.4, -0.2) is 40.5 Å². The molecule has 0 bridgehead atoms. The molecule has 1 aromatic rings. The summed E-state index contributed by atoms with van der Waals surface area (Å²) in [7, 11) is 0. The van der Waals surface area contributed by atoms with E-state index in [0.717, 1.165) is 19.5 Å². The van der Waals surface area contributed by atoms with E-state index in [-0.39, 0.29) is 5.91 Å². The van der Waals surface area contributed by atoms with Gasteiger partial charge in [0.1, 0.15) is 0 Å². The highest BCUT2D eigenvalue weighted by atomic mass is 16.2. The number of hydrogen-bond acceptors (Lipinski definition) is 4. The molecule has 0 aromatic carbocycles. The Hall–Kier alpha value is -1.69. The van der Waals surface area contributed by atoms with E-state index in [0.29, 0.717) is 18.3 Å². The highest BCUT2D eigenvalue weighted by Crippen LogP contribution is 2.09. The minimum Gasteiger partial charge on any atom is -0.350 e. The van der Waals surface area contributed by atoms with E-state index in [9.17, 15) is 4.79 Å². The summed E-state index contributed by atoms with van der Waals surface area (Å²) in [5, 5.41) is 13.8. The highest BCUT2D eigenvalue weighted by molar-refractivity contribution is 5.91. The number of nitrogens with one attached hydrogen (secondary N) is 2. The van der Waals surface area contributed by atoms with E-state index in [1.165, 1.54) is 0 Å². The fourth-order valence-corrected chi connectivity index (χ4v) is 1.55. The highest BCUT2D eigenvalue weighted by Gasteiger charge is 2.21. The molecule has 0 unspecified atom stereocenters. The first-order valence-corrected chi connectivity index (χ1v) is 5.83. The van der Waals surface area contributed by atoms with Crippen LogP contribution in [0.1, 0.15) is 29.9 Å². The summed E-state index contributed by atoms with van der Waals surface area (Å²) < 4.78 is 1.75. The van der Waals surface area contributed by atoms with Crippen molar-refractivity contribution in [2.75, 3.05) is 19.6 Å². The molecule has 2 N–H and O–H groups in total. The Morgan fingerprint density at radius 1 is 1.71 bits per heavy atom. The Morgan fingerprint density at radius 3 is 3.18 bits per heavy atom. The van der Waals surface area contributed by atoms with Gasteiger partial charge >= 0.3 is 0 Å². The predicted octanol–water partition coefficient (Wildman–Crippen LogP) is 0.118. The molecule has 0 atom stereocenters. The van der Waals surface area contributed by atoms with Gasteiger partial charge in [0, 0.05) is 19.6 Å². The van der Waals surface area contributed by atoms with E-state index in [4.69, 9.17) is 0 Å². The van der Waals surface area contributed by atoms with Crippen LogP contribution in [0.5, 0.6) is 0 Å². The maximum atomic E-state index is 11.7. The molecule has 1 aliphatic rings. The van der Waals surface area contributed by atoms with E-state index in [1.54, 1.807) is 10.9 Å². The molecular weight excluding hydrogens is 218 g/mol. The smallest absolute Gasteiger partial charge is 0.273 e. The number of carbonyl (C=O) groups excluding carboxylic acids is 1. The average Bonchev–Trinajstić information content (AvgIpc) is 2.71. The van der Waals surface area contributed by atoms with Gasteiger partial charge in [-0.15, -0.1) is 5.10 Å². The second-order valence-electron chi connectivity index (χ2n) is 4.01. The predicted molar refractivity (Wildman–Crippen MR) is 63.7 cm³/mol. The normalized spacial score (nSPS) is 16.1. The summed E-state index contributed by atoms with van der Waals surface area (Å²) in [5.41, 5.74) is 0.386. The molecule has 1 aliphatic heterocycles. The van der Waals surface area contributed by atoms with Gasteiger partial charge in [0.2, 0.25) is 0 Å². The third-order valence-electron chi connectivity index (χ3n) is 2.71. The topological polar surface area (TPSA) is 71.8 Å². The van der Waals surface area contributed by atoms with Gasteiger partial charge < -0.3 is 10.6 Å². The van der Waals surface area contributed by atoms with E-state index >= 15 is 0 Å². The van der Waals surface area contributed by atoms with Gasteiger partial charge in [0.05, 0.1) is 12.2 Å². The van der Waals surface area contributed by atoms with Crippen LogP contribution in [0.2, 0.25) is 0 Å². The lowest BCUT2D eigenvalue weighted by Gasteiger charge is -2.26. The standard InChI is InChI=1S/C11H17N5O/c1-2-3-4-5-13-11(17)10-8-16(15-14-10)9-6-12-7-9/h2-3,8-9,12H,4-7H2,1H3,(H,13,17)/b3-2+. The van der Waals surface area contributed by atoms with Crippen LogP contribution < -0.4 is 10.6 Å². The largest absolute Gasteiger partial charge is 0.350 e. The summed E-state index contributed by atoms with van der Waals surface area (Å²) >= 11 is 0. The second-order valence-corrected chi connectivity index (χ2v) is 4.01. The summed E-state index contributed by atoms with van der Waals surface area (Å²) in [5.74, 6) is -0.159. The van der Waals surface area contributed by atoms with Crippen LogP contribution in [0, 0.1) is 0 Å². The van der Waals surface area contributed by atoms with Crippen LogP contribution in [-0.2, 0) is 0 Å². The van der Waals surface area contributed by atoms with E-state index in [2.05, 4.69) is 20.9 Å². The molecule has 2 heterocycles. The Balaban J connectivity index is 1.83. The average molecular weight is 235 g/mol. The van der Waals surface area contributed by atoms with Crippen molar-refractivity contribution in [3.05, 3.63) is 24.0 Å². The summed E-state index contributed by atoms with van der Waals surface area (Å²) in [6, 6.07) is 0.340. The number of rotatable bonds is 5. The SMILES string of the molecule is C/C=C/CCNC(=O)c1cn(C2CNC2)nn1. The Bertz CT molecular complexity index is 408. The van der Waals surface area contributed by atoms with Gasteiger partial charge in [-0.1, -0.05) is 17.4 Å². The van der Waals surface area contributed by atoms with Gasteiger partial charge in [-0.3, -0.25) is 4.79 Å². The van der Waals surface area contributed by atoms with Crippen LogP contribution in [0.15, 0.2) is 18.3 Å². The monoisotopic (exact) mass is 235 g/mol. The summed E-state index contributed by atoms with van der Waals surface area (Å²) in [4.78, 5) is 11.7. The number of hydrogen-bond donors (Lipinski definition) is 2. The van der Waals surface area contributed by atoms with Crippen LogP contribution >= 0.6 is 0 Å². The second kappa shape index (κ2) is 5.58. The maximum Gasteiger partial charge on any atom is 0.273 e. The first-order valence-electron chi connectivity index (χ1n) is 5.83. The molecule has 1 saturated heterocycles. The summed E-state index contributed by atoms with van der Waals surface area (Å²) in [6.07, 6.45) is 6.52. The Labute approximate surface area is 100 Å². The number of allylic oxidation sites excluding steroid dienone is 1. The van der Waals surface area contributed by atoms with Crippen molar-refractivity contribution in [3.8, 4) is 0 Å². The molecular formula is C11H17N5O. The molecule has 0 saturated carbocycles. The molecule has 0 spiro atoms. The van der Waals surface area contributed by atoms with Gasteiger partial charge in [-0.05, 0) is 13.3 Å². The lowest BCUT2D eigenvalue weighted by atomic mass is 10.2. The van der Waals surface area contributed by atoms with Gasteiger partial charge in [-0.25, -0.2) is 4.68 Å². The third kappa shape index (κ3) is 2.91. The van der Waals surface area contributed by atoms with E-state index < -0.39 is 0 Å². The fourth-order valence-electron chi connectivity index (χ4n) is 1.55. The number of amides is 1. The van der Waals surface area contributed by atoms with Crippen LogP contribution in [0.4, 0.5) is 0 Å². The Morgan fingerprint density at radius 2 is 2.53 bits per heavy atom. The fraction of sp³-hybridized carbons (Fsp3) is 0.545. The maximum absolute atomic E-state index is 11.7. The molecule has 1 aromatic heterocycles. The van der Waals surface area contributed by atoms with Crippen molar-refractivity contribution < 1.29 is 4.79 Å². The lowest BCUT2D eigenvalue weighted by molar-refractivity contribution is 0.0949. The molecule has 1 amide bonds. The first-order chi connectivity index (χ1) is 8.31. The lowest BCUT2D eigenvalue weighted by Crippen LogP contribution is -2.43. The molecule has 0 radical (unpaired) electrons. The number of carbonyl (C=O) groups is 1. The van der Waals surface area contributed by atoms with Crippen molar-refractivity contribution in [2.45, 2.75) is 19.4 Å². The van der Waals surface area contributed by atoms with Crippen molar-refractivity contribution in [1.29, 1.82) is 0 Å². The van der Waals surface area contributed by atoms with Gasteiger partial charge in [-0.2, -0.15) is 0 Å². The molecule has 17 heavy (non-hydrogen) atoms. The third-order valence-corrected chi connectivity index (χ3v) is 2.71. The van der Waals surface area contributed by atoms with Gasteiger partial charge in [0.25, 0.3) is 5.91 Å². The molecule has 1 fully saturated rings. The molecule has 2 rings (SSSR count). The Kier molecular flexibility index (Phi) is 3.87. The van der Waals surface area contributed by atoms with Crippen LogP contribution in [0.3, 0.4) is 0 Å². The molecule has 6 nitrogen and oxygen atoms in total. The molecule has 0 aliphatic carbocycles. The zero-order chi connectivity index (χ0) is 12.1. The summed E-state index contributed by atoms with van der Waals surface area (Å²) in [6.45, 7) is 4.37. The zero-order valence-electron chi connectivity index (χ0n) is 9.89. The number of nitrogens with zero attached hydrogens (tertiary/aromatic N) is 3. The van der Waals surface area contributed by atoms with Crippen molar-refractivity contribution >= 4 is 5.91 Å². The quantitative estimate of drug-likeness (QED) is 0.561. The minimum absolute atomic E-state index is 0.159. The molecule has 6 heteroatoms. The molecule has 92 valence electrons. The van der Waals surface area contributed by atoms with Crippen molar-refractivity contribution in [3.63, 3.8) is 0 Å². The first kappa shape index (κ1) is 11.8.